The fourth-order valence-electron chi connectivity index (χ4n) is 3.45. The van der Waals surface area contributed by atoms with E-state index in [9.17, 15) is 17.6 Å². The molecule has 1 aliphatic heterocycles. The van der Waals surface area contributed by atoms with Crippen molar-refractivity contribution in [1.82, 2.24) is 4.31 Å². The second-order valence-corrected chi connectivity index (χ2v) is 9.19. The molecule has 3 rings (SSSR count). The van der Waals surface area contributed by atoms with E-state index in [1.807, 2.05) is 32.0 Å². The molecular formula is C21H25FN2O4S. The molecule has 1 amide bonds. The molecule has 1 aliphatic rings. The second-order valence-electron chi connectivity index (χ2n) is 7.28. The Labute approximate surface area is 170 Å². The summed E-state index contributed by atoms with van der Waals surface area (Å²) in [5, 5.41) is 2.96. The van der Waals surface area contributed by atoms with Gasteiger partial charge in [-0.3, -0.25) is 4.79 Å². The average molecular weight is 421 g/mol. The third-order valence-corrected chi connectivity index (χ3v) is 7.14. The highest BCUT2D eigenvalue weighted by Crippen LogP contribution is 2.31. The Balaban J connectivity index is 1.69. The third kappa shape index (κ3) is 4.59. The van der Waals surface area contributed by atoms with Crippen molar-refractivity contribution in [2.75, 3.05) is 25.5 Å². The molecule has 0 saturated carbocycles. The van der Waals surface area contributed by atoms with Crippen LogP contribution in [0.2, 0.25) is 0 Å². The number of amides is 1. The number of nitrogens with one attached hydrogen (secondary N) is 1. The van der Waals surface area contributed by atoms with Crippen LogP contribution in [0.5, 0.6) is 5.75 Å². The van der Waals surface area contributed by atoms with Crippen LogP contribution in [0.1, 0.15) is 24.0 Å². The summed E-state index contributed by atoms with van der Waals surface area (Å²) in [6.45, 7) is 4.26. The van der Waals surface area contributed by atoms with Crippen LogP contribution in [0.4, 0.5) is 10.1 Å². The molecule has 1 fully saturated rings. The number of aryl methyl sites for hydroxylation is 2. The minimum atomic E-state index is -3.91. The van der Waals surface area contributed by atoms with E-state index < -0.39 is 15.8 Å². The van der Waals surface area contributed by atoms with Crippen LogP contribution in [0, 0.1) is 25.6 Å². The Morgan fingerprint density at radius 2 is 1.83 bits per heavy atom. The highest BCUT2D eigenvalue weighted by Gasteiger charge is 2.34. The number of halogens is 1. The van der Waals surface area contributed by atoms with E-state index in [1.54, 1.807) is 0 Å². The standard InChI is InChI=1S/C21H25FN2O4S/c1-14-4-5-15(2)18(12-14)23-21(25)16-8-10-24(11-9-16)29(26,27)20-13-17(22)6-7-19(20)28-3/h4-7,12-13,16H,8-11H2,1-3H3,(H,23,25). The van der Waals surface area contributed by atoms with Crippen LogP contribution < -0.4 is 10.1 Å². The Hall–Kier alpha value is -2.45. The first-order valence-corrected chi connectivity index (χ1v) is 10.9. The maximum Gasteiger partial charge on any atom is 0.246 e. The van der Waals surface area contributed by atoms with Crippen LogP contribution in [0.3, 0.4) is 0 Å². The fourth-order valence-corrected chi connectivity index (χ4v) is 5.09. The average Bonchev–Trinajstić information content (AvgIpc) is 2.70. The van der Waals surface area contributed by atoms with Gasteiger partial charge in [0.15, 0.2) is 0 Å². The van der Waals surface area contributed by atoms with E-state index in [0.717, 1.165) is 28.9 Å². The molecule has 0 unspecified atom stereocenters. The number of methoxy groups -OCH3 is 1. The number of nitrogens with zero attached hydrogens (tertiary/aromatic N) is 1. The molecule has 0 aromatic heterocycles. The molecule has 156 valence electrons. The molecule has 2 aromatic rings. The lowest BCUT2D eigenvalue weighted by Crippen LogP contribution is -2.41. The predicted octanol–water partition coefficient (Wildman–Crippen LogP) is 3.49. The fraction of sp³-hybridized carbons (Fsp3) is 0.381. The van der Waals surface area contributed by atoms with Crippen molar-refractivity contribution in [2.24, 2.45) is 5.92 Å². The molecule has 0 radical (unpaired) electrons. The zero-order valence-electron chi connectivity index (χ0n) is 16.7. The molecule has 29 heavy (non-hydrogen) atoms. The van der Waals surface area contributed by atoms with Gasteiger partial charge in [-0.2, -0.15) is 4.31 Å². The maximum absolute atomic E-state index is 13.6. The molecule has 1 saturated heterocycles. The zero-order valence-corrected chi connectivity index (χ0v) is 17.6. The van der Waals surface area contributed by atoms with E-state index in [0.29, 0.717) is 12.8 Å². The number of hydrogen-bond donors (Lipinski definition) is 1. The minimum Gasteiger partial charge on any atom is -0.495 e. The van der Waals surface area contributed by atoms with Crippen molar-refractivity contribution in [3.8, 4) is 5.75 Å². The lowest BCUT2D eigenvalue weighted by Gasteiger charge is -2.31. The van der Waals surface area contributed by atoms with Gasteiger partial charge in [0, 0.05) is 24.7 Å². The van der Waals surface area contributed by atoms with E-state index >= 15 is 0 Å². The summed E-state index contributed by atoms with van der Waals surface area (Å²) in [4.78, 5) is 12.5. The van der Waals surface area contributed by atoms with Crippen molar-refractivity contribution < 1.29 is 22.3 Å². The van der Waals surface area contributed by atoms with Crippen molar-refractivity contribution in [3.05, 3.63) is 53.3 Å². The van der Waals surface area contributed by atoms with Crippen LogP contribution in [-0.2, 0) is 14.8 Å². The van der Waals surface area contributed by atoms with E-state index in [2.05, 4.69) is 5.32 Å². The Morgan fingerprint density at radius 1 is 1.14 bits per heavy atom. The quantitative estimate of drug-likeness (QED) is 0.803. The van der Waals surface area contributed by atoms with Gasteiger partial charge in [-0.15, -0.1) is 0 Å². The summed E-state index contributed by atoms with van der Waals surface area (Å²) < 4.78 is 45.9. The van der Waals surface area contributed by atoms with Crippen molar-refractivity contribution in [1.29, 1.82) is 0 Å². The van der Waals surface area contributed by atoms with Gasteiger partial charge >= 0.3 is 0 Å². The third-order valence-electron chi connectivity index (χ3n) is 5.22. The van der Waals surface area contributed by atoms with Gasteiger partial charge in [0.1, 0.15) is 16.5 Å². The molecule has 6 nitrogen and oxygen atoms in total. The number of rotatable bonds is 5. The smallest absolute Gasteiger partial charge is 0.246 e. The number of hydrogen-bond acceptors (Lipinski definition) is 4. The summed E-state index contributed by atoms with van der Waals surface area (Å²) in [5.41, 5.74) is 2.80. The van der Waals surface area contributed by atoms with E-state index in [1.165, 1.54) is 17.5 Å². The van der Waals surface area contributed by atoms with Crippen LogP contribution in [0.25, 0.3) is 0 Å². The van der Waals surface area contributed by atoms with Crippen LogP contribution in [-0.4, -0.2) is 38.8 Å². The molecule has 1 heterocycles. The van der Waals surface area contributed by atoms with Crippen molar-refractivity contribution in [3.63, 3.8) is 0 Å². The number of sulfonamides is 1. The molecule has 0 spiro atoms. The second kappa shape index (κ2) is 8.51. The monoisotopic (exact) mass is 420 g/mol. The highest BCUT2D eigenvalue weighted by atomic mass is 32.2. The first-order valence-electron chi connectivity index (χ1n) is 9.44. The Bertz CT molecular complexity index is 1020. The van der Waals surface area contributed by atoms with Gasteiger partial charge in [0.05, 0.1) is 7.11 Å². The van der Waals surface area contributed by atoms with Gasteiger partial charge in [0.25, 0.3) is 0 Å². The first kappa shape index (κ1) is 21.3. The van der Waals surface area contributed by atoms with Crippen LogP contribution in [0.15, 0.2) is 41.3 Å². The Morgan fingerprint density at radius 3 is 2.48 bits per heavy atom. The normalized spacial score (nSPS) is 15.9. The number of carbonyl (C=O) groups is 1. The molecule has 0 bridgehead atoms. The molecule has 8 heteroatoms. The highest BCUT2D eigenvalue weighted by molar-refractivity contribution is 7.89. The first-order chi connectivity index (χ1) is 13.7. The lowest BCUT2D eigenvalue weighted by molar-refractivity contribution is -0.120. The molecule has 1 N–H and O–H groups in total. The predicted molar refractivity (Wildman–Crippen MR) is 109 cm³/mol. The number of piperidine rings is 1. The lowest BCUT2D eigenvalue weighted by atomic mass is 9.97. The molecule has 0 atom stereocenters. The van der Waals surface area contributed by atoms with E-state index in [4.69, 9.17) is 4.74 Å². The van der Waals surface area contributed by atoms with Crippen molar-refractivity contribution in [2.45, 2.75) is 31.6 Å². The zero-order chi connectivity index (χ0) is 21.2. The van der Waals surface area contributed by atoms with Gasteiger partial charge in [-0.25, -0.2) is 12.8 Å². The summed E-state index contributed by atoms with van der Waals surface area (Å²) in [7, 11) is -2.57. The maximum atomic E-state index is 13.6. The number of benzene rings is 2. The van der Waals surface area contributed by atoms with Crippen LogP contribution >= 0.6 is 0 Å². The van der Waals surface area contributed by atoms with E-state index in [-0.39, 0.29) is 35.6 Å². The summed E-state index contributed by atoms with van der Waals surface area (Å²) >= 11 is 0. The molecule has 0 aliphatic carbocycles. The van der Waals surface area contributed by atoms with Gasteiger partial charge in [0.2, 0.25) is 15.9 Å². The van der Waals surface area contributed by atoms with Gasteiger partial charge in [-0.05, 0) is 62.1 Å². The topological polar surface area (TPSA) is 75.7 Å². The summed E-state index contributed by atoms with van der Waals surface area (Å²) in [6, 6.07) is 9.27. The largest absolute Gasteiger partial charge is 0.495 e. The number of anilines is 1. The SMILES string of the molecule is COc1ccc(F)cc1S(=O)(=O)N1CCC(C(=O)Nc2cc(C)ccc2C)CC1. The molecule has 2 aromatic carbocycles. The minimum absolute atomic E-state index is 0.0983. The van der Waals surface area contributed by atoms with Gasteiger partial charge in [-0.1, -0.05) is 12.1 Å². The van der Waals surface area contributed by atoms with Gasteiger partial charge < -0.3 is 10.1 Å². The number of carbonyl (C=O) groups excluding carboxylic acids is 1. The molecular weight excluding hydrogens is 395 g/mol. The summed E-state index contributed by atoms with van der Waals surface area (Å²) in [6.07, 6.45) is 0.793. The van der Waals surface area contributed by atoms with Crippen molar-refractivity contribution >= 4 is 21.6 Å². The summed E-state index contributed by atoms with van der Waals surface area (Å²) in [5.74, 6) is -0.941. The number of ether oxygens (including phenoxy) is 1. The Kier molecular flexibility index (Phi) is 6.24.